The third-order valence-corrected chi connectivity index (χ3v) is 5.34. The van der Waals surface area contributed by atoms with Crippen molar-refractivity contribution in [2.45, 2.75) is 11.4 Å². The first-order valence-corrected chi connectivity index (χ1v) is 7.74. The van der Waals surface area contributed by atoms with Gasteiger partial charge in [0.15, 0.2) is 0 Å². The molecule has 0 fully saturated rings. The number of benzene rings is 1. The van der Waals surface area contributed by atoms with Gasteiger partial charge < -0.3 is 5.32 Å². The van der Waals surface area contributed by atoms with E-state index in [2.05, 4.69) is 11.9 Å². The van der Waals surface area contributed by atoms with Crippen molar-refractivity contribution >= 4 is 33.2 Å². The van der Waals surface area contributed by atoms with Gasteiger partial charge in [-0.2, -0.15) is 4.31 Å². The summed E-state index contributed by atoms with van der Waals surface area (Å²) in [6.45, 7) is 4.13. The standard InChI is InChI=1S/C12H16Cl2N2O2S/c1-4-7-16(3)19(17,18)11-6-5-10(13)9(8-15-2)12(11)14/h4-6,15H,1,7-8H2,2-3H3. The van der Waals surface area contributed by atoms with Crippen LogP contribution in [0.3, 0.4) is 0 Å². The lowest BCUT2D eigenvalue weighted by Crippen LogP contribution is -2.27. The van der Waals surface area contributed by atoms with Gasteiger partial charge in [-0.05, 0) is 19.2 Å². The van der Waals surface area contributed by atoms with E-state index in [1.165, 1.54) is 29.6 Å². The fraction of sp³-hybridized carbons (Fsp3) is 0.333. The van der Waals surface area contributed by atoms with Crippen LogP contribution in [0.4, 0.5) is 0 Å². The molecule has 0 saturated carbocycles. The number of nitrogens with one attached hydrogen (secondary N) is 1. The van der Waals surface area contributed by atoms with Gasteiger partial charge in [-0.15, -0.1) is 6.58 Å². The second-order valence-electron chi connectivity index (χ2n) is 3.94. The minimum absolute atomic E-state index is 0.0492. The molecule has 1 N–H and O–H groups in total. The van der Waals surface area contributed by atoms with Crippen LogP contribution in [0.2, 0.25) is 10.0 Å². The van der Waals surface area contributed by atoms with E-state index in [-0.39, 0.29) is 16.5 Å². The molecule has 1 aromatic carbocycles. The van der Waals surface area contributed by atoms with E-state index in [0.29, 0.717) is 17.1 Å². The summed E-state index contributed by atoms with van der Waals surface area (Å²) in [5, 5.41) is 3.49. The zero-order valence-electron chi connectivity index (χ0n) is 10.8. The number of rotatable bonds is 6. The van der Waals surface area contributed by atoms with Crippen molar-refractivity contribution in [2.24, 2.45) is 0 Å². The van der Waals surface area contributed by atoms with Crippen LogP contribution >= 0.6 is 23.2 Å². The van der Waals surface area contributed by atoms with Crippen molar-refractivity contribution in [1.29, 1.82) is 0 Å². The molecule has 0 heterocycles. The van der Waals surface area contributed by atoms with Gasteiger partial charge in [0.1, 0.15) is 4.90 Å². The smallest absolute Gasteiger partial charge is 0.244 e. The zero-order valence-corrected chi connectivity index (χ0v) is 13.1. The number of sulfonamides is 1. The molecular formula is C12H16Cl2N2O2S. The summed E-state index contributed by atoms with van der Waals surface area (Å²) < 4.78 is 25.9. The van der Waals surface area contributed by atoms with Gasteiger partial charge in [-0.1, -0.05) is 29.3 Å². The van der Waals surface area contributed by atoms with Crippen LogP contribution in [-0.4, -0.2) is 33.4 Å². The lowest BCUT2D eigenvalue weighted by atomic mass is 10.2. The molecule has 0 spiro atoms. The molecule has 0 aliphatic carbocycles. The molecule has 1 rings (SSSR count). The van der Waals surface area contributed by atoms with Crippen LogP contribution in [-0.2, 0) is 16.6 Å². The van der Waals surface area contributed by atoms with Crippen molar-refractivity contribution in [2.75, 3.05) is 20.6 Å². The second-order valence-corrected chi connectivity index (χ2v) is 6.74. The molecule has 0 amide bonds. The first-order chi connectivity index (χ1) is 8.86. The van der Waals surface area contributed by atoms with Crippen LogP contribution in [0.15, 0.2) is 29.7 Å². The van der Waals surface area contributed by atoms with Gasteiger partial charge in [0.05, 0.1) is 5.02 Å². The van der Waals surface area contributed by atoms with Gasteiger partial charge in [-0.3, -0.25) is 0 Å². The van der Waals surface area contributed by atoms with Gasteiger partial charge in [0.2, 0.25) is 10.0 Å². The fourth-order valence-corrected chi connectivity index (χ4v) is 3.59. The summed E-state index contributed by atoms with van der Waals surface area (Å²) in [5.41, 5.74) is 0.568. The van der Waals surface area contributed by atoms with E-state index in [1.54, 1.807) is 7.05 Å². The molecule has 0 aromatic heterocycles. The fourth-order valence-electron chi connectivity index (χ4n) is 1.56. The summed E-state index contributed by atoms with van der Waals surface area (Å²) in [7, 11) is -0.440. The highest BCUT2D eigenvalue weighted by molar-refractivity contribution is 7.89. The first-order valence-electron chi connectivity index (χ1n) is 5.55. The predicted octanol–water partition coefficient (Wildman–Crippen LogP) is 2.52. The van der Waals surface area contributed by atoms with Crippen molar-refractivity contribution < 1.29 is 8.42 Å². The van der Waals surface area contributed by atoms with Crippen LogP contribution in [0, 0.1) is 0 Å². The van der Waals surface area contributed by atoms with Crippen LogP contribution in [0.1, 0.15) is 5.56 Å². The van der Waals surface area contributed by atoms with Crippen molar-refractivity contribution in [1.82, 2.24) is 9.62 Å². The van der Waals surface area contributed by atoms with Crippen molar-refractivity contribution in [3.05, 3.63) is 40.4 Å². The lowest BCUT2D eigenvalue weighted by Gasteiger charge is -2.18. The minimum atomic E-state index is -3.65. The topological polar surface area (TPSA) is 49.4 Å². The van der Waals surface area contributed by atoms with E-state index < -0.39 is 10.0 Å². The Morgan fingerprint density at radius 2 is 2.05 bits per heavy atom. The Balaban J connectivity index is 3.36. The maximum atomic E-state index is 12.3. The molecule has 4 nitrogen and oxygen atoms in total. The van der Waals surface area contributed by atoms with Crippen LogP contribution in [0.25, 0.3) is 0 Å². The maximum absolute atomic E-state index is 12.3. The molecule has 0 radical (unpaired) electrons. The molecule has 0 bridgehead atoms. The van der Waals surface area contributed by atoms with E-state index in [9.17, 15) is 8.42 Å². The number of hydrogen-bond acceptors (Lipinski definition) is 3. The Morgan fingerprint density at radius 1 is 1.42 bits per heavy atom. The third kappa shape index (κ3) is 3.49. The van der Waals surface area contributed by atoms with Crippen molar-refractivity contribution in [3.8, 4) is 0 Å². The zero-order chi connectivity index (χ0) is 14.6. The molecule has 1 aromatic rings. The summed E-state index contributed by atoms with van der Waals surface area (Å²) in [4.78, 5) is 0.0492. The van der Waals surface area contributed by atoms with Gasteiger partial charge in [0.25, 0.3) is 0 Å². The lowest BCUT2D eigenvalue weighted by molar-refractivity contribution is 0.499. The van der Waals surface area contributed by atoms with E-state index in [4.69, 9.17) is 23.2 Å². The Morgan fingerprint density at radius 3 is 2.58 bits per heavy atom. The van der Waals surface area contributed by atoms with Gasteiger partial charge >= 0.3 is 0 Å². The monoisotopic (exact) mass is 322 g/mol. The average molecular weight is 323 g/mol. The first kappa shape index (κ1) is 16.5. The molecule has 7 heteroatoms. The molecule has 106 valence electrons. The number of nitrogens with zero attached hydrogens (tertiary/aromatic N) is 1. The molecular weight excluding hydrogens is 307 g/mol. The van der Waals surface area contributed by atoms with Crippen molar-refractivity contribution in [3.63, 3.8) is 0 Å². The molecule has 0 saturated heterocycles. The Kier molecular flexibility index (Phi) is 5.82. The normalized spacial score (nSPS) is 11.8. The molecule has 0 aliphatic rings. The Labute approximate surface area is 124 Å². The largest absolute Gasteiger partial charge is 0.316 e. The molecule has 0 unspecified atom stereocenters. The predicted molar refractivity (Wildman–Crippen MR) is 79.2 cm³/mol. The summed E-state index contributed by atoms with van der Waals surface area (Å²) >= 11 is 12.2. The van der Waals surface area contributed by atoms with E-state index in [0.717, 1.165) is 0 Å². The highest BCUT2D eigenvalue weighted by atomic mass is 35.5. The quantitative estimate of drug-likeness (QED) is 0.819. The molecule has 19 heavy (non-hydrogen) atoms. The summed E-state index contributed by atoms with van der Waals surface area (Å²) in [6, 6.07) is 2.95. The number of halogens is 2. The Bertz CT molecular complexity index is 573. The van der Waals surface area contributed by atoms with Gasteiger partial charge in [0, 0.05) is 30.7 Å². The maximum Gasteiger partial charge on any atom is 0.244 e. The summed E-state index contributed by atoms with van der Waals surface area (Å²) in [5.74, 6) is 0. The number of likely N-dealkylation sites (N-methyl/N-ethyl adjacent to an activating group) is 1. The minimum Gasteiger partial charge on any atom is -0.316 e. The Hall–Kier alpha value is -0.590. The molecule has 0 aliphatic heterocycles. The second kappa shape index (κ2) is 6.72. The summed E-state index contributed by atoms with van der Waals surface area (Å²) in [6.07, 6.45) is 1.51. The highest BCUT2D eigenvalue weighted by Crippen LogP contribution is 2.32. The average Bonchev–Trinajstić information content (AvgIpc) is 2.34. The van der Waals surface area contributed by atoms with Crippen LogP contribution < -0.4 is 5.32 Å². The van der Waals surface area contributed by atoms with E-state index >= 15 is 0 Å². The number of hydrogen-bond donors (Lipinski definition) is 1. The van der Waals surface area contributed by atoms with Crippen LogP contribution in [0.5, 0.6) is 0 Å². The highest BCUT2D eigenvalue weighted by Gasteiger charge is 2.25. The third-order valence-electron chi connectivity index (χ3n) is 2.58. The SMILES string of the molecule is C=CCN(C)S(=O)(=O)c1ccc(Cl)c(CNC)c1Cl. The van der Waals surface area contributed by atoms with Gasteiger partial charge in [-0.25, -0.2) is 8.42 Å². The van der Waals surface area contributed by atoms with E-state index in [1.807, 2.05) is 0 Å². The molecule has 0 atom stereocenters.